The molecular formula is C8H5IN2O2. The Labute approximate surface area is 88.7 Å². The quantitative estimate of drug-likeness (QED) is 0.578. The second-order valence-electron chi connectivity index (χ2n) is 2.16. The summed E-state index contributed by atoms with van der Waals surface area (Å²) in [5.74, 6) is -0.449. The number of hydrogen-bond donors (Lipinski definition) is 0. The summed E-state index contributed by atoms with van der Waals surface area (Å²) in [6, 6.07) is 3.48. The maximum Gasteiger partial charge on any atom is 0.339 e. The van der Waals surface area contributed by atoms with Crippen LogP contribution in [-0.2, 0) is 4.74 Å². The zero-order chi connectivity index (χ0) is 9.84. The molecule has 13 heavy (non-hydrogen) atoms. The molecule has 0 unspecified atom stereocenters. The lowest BCUT2D eigenvalue weighted by atomic mass is 10.2. The summed E-state index contributed by atoms with van der Waals surface area (Å²) in [5.41, 5.74) is 0.666. The molecule has 0 atom stereocenters. The van der Waals surface area contributed by atoms with Crippen LogP contribution in [0.25, 0.3) is 0 Å². The van der Waals surface area contributed by atoms with E-state index in [1.165, 1.54) is 13.3 Å². The number of methoxy groups -OCH3 is 1. The molecule has 0 N–H and O–H groups in total. The van der Waals surface area contributed by atoms with Crippen LogP contribution in [0.15, 0.2) is 12.3 Å². The Hall–Kier alpha value is -1.16. The zero-order valence-corrected chi connectivity index (χ0v) is 8.90. The largest absolute Gasteiger partial charge is 0.465 e. The lowest BCUT2D eigenvalue weighted by Gasteiger charge is -1.99. The highest BCUT2D eigenvalue weighted by atomic mass is 127. The first-order chi connectivity index (χ1) is 6.19. The first kappa shape index (κ1) is 9.92. The smallest absolute Gasteiger partial charge is 0.339 e. The molecule has 0 saturated carbocycles. The molecular weight excluding hydrogens is 283 g/mol. The van der Waals surface area contributed by atoms with Gasteiger partial charge in [-0.05, 0) is 28.7 Å². The summed E-state index contributed by atoms with van der Waals surface area (Å²) >= 11 is 1.94. The Kier molecular flexibility index (Phi) is 3.19. The fourth-order valence-electron chi connectivity index (χ4n) is 0.750. The van der Waals surface area contributed by atoms with Crippen molar-refractivity contribution in [3.8, 4) is 6.07 Å². The number of carbonyl (C=O) groups excluding carboxylic acids is 1. The van der Waals surface area contributed by atoms with Crippen LogP contribution in [0.3, 0.4) is 0 Å². The van der Waals surface area contributed by atoms with Crippen molar-refractivity contribution in [3.63, 3.8) is 0 Å². The summed E-state index contributed by atoms with van der Waals surface area (Å²) in [6.07, 6.45) is 1.33. The van der Waals surface area contributed by atoms with Crippen LogP contribution in [-0.4, -0.2) is 18.1 Å². The van der Waals surface area contributed by atoms with E-state index in [9.17, 15) is 4.79 Å². The Morgan fingerprint density at radius 1 is 1.77 bits per heavy atom. The number of carbonyl (C=O) groups is 1. The van der Waals surface area contributed by atoms with Gasteiger partial charge in [-0.3, -0.25) is 0 Å². The predicted molar refractivity (Wildman–Crippen MR) is 53.0 cm³/mol. The van der Waals surface area contributed by atoms with E-state index in [4.69, 9.17) is 5.26 Å². The van der Waals surface area contributed by atoms with Gasteiger partial charge in [0.2, 0.25) is 0 Å². The molecule has 0 aliphatic carbocycles. The van der Waals surface area contributed by atoms with E-state index in [2.05, 4.69) is 9.72 Å². The summed E-state index contributed by atoms with van der Waals surface area (Å²) in [7, 11) is 1.30. The molecule has 0 aliphatic heterocycles. The minimum absolute atomic E-state index is 0.313. The maximum atomic E-state index is 11.0. The van der Waals surface area contributed by atoms with Crippen molar-refractivity contribution >= 4 is 28.6 Å². The van der Waals surface area contributed by atoms with E-state index in [-0.39, 0.29) is 0 Å². The molecule has 5 heteroatoms. The molecule has 4 nitrogen and oxygen atoms in total. The molecule has 0 amide bonds. The number of pyridine rings is 1. The van der Waals surface area contributed by atoms with Gasteiger partial charge in [0.1, 0.15) is 6.07 Å². The highest BCUT2D eigenvalue weighted by Crippen LogP contribution is 2.11. The van der Waals surface area contributed by atoms with Crippen molar-refractivity contribution in [1.29, 1.82) is 5.26 Å². The minimum atomic E-state index is -0.449. The number of halogens is 1. The molecule has 1 aromatic heterocycles. The predicted octanol–water partition coefficient (Wildman–Crippen LogP) is 1.34. The van der Waals surface area contributed by atoms with Crippen molar-refractivity contribution in [2.75, 3.05) is 7.11 Å². The van der Waals surface area contributed by atoms with E-state index < -0.39 is 5.97 Å². The average Bonchev–Trinajstić information content (AvgIpc) is 2.16. The van der Waals surface area contributed by atoms with Gasteiger partial charge in [0.15, 0.2) is 5.69 Å². The van der Waals surface area contributed by atoms with E-state index in [1.807, 2.05) is 28.7 Å². The Morgan fingerprint density at radius 3 is 2.92 bits per heavy atom. The summed E-state index contributed by atoms with van der Waals surface area (Å²) in [5, 5.41) is 8.57. The van der Waals surface area contributed by atoms with Gasteiger partial charge < -0.3 is 4.74 Å². The highest BCUT2D eigenvalue weighted by Gasteiger charge is 2.08. The van der Waals surface area contributed by atoms with E-state index in [0.29, 0.717) is 14.8 Å². The maximum absolute atomic E-state index is 11.0. The van der Waals surface area contributed by atoms with Crippen LogP contribution >= 0.6 is 22.6 Å². The molecule has 66 valence electrons. The van der Waals surface area contributed by atoms with Crippen LogP contribution in [0.1, 0.15) is 16.1 Å². The van der Waals surface area contributed by atoms with Crippen molar-refractivity contribution in [3.05, 3.63) is 27.1 Å². The Morgan fingerprint density at radius 2 is 2.46 bits per heavy atom. The molecule has 0 aromatic carbocycles. The number of nitrogens with zero attached hydrogens (tertiary/aromatic N) is 2. The molecule has 0 aliphatic rings. The first-order valence-corrected chi connectivity index (χ1v) is 4.41. The monoisotopic (exact) mass is 288 g/mol. The number of aromatic nitrogens is 1. The number of esters is 1. The number of nitriles is 1. The second-order valence-corrected chi connectivity index (χ2v) is 3.32. The Balaban J connectivity index is 3.11. The standard InChI is InChI=1S/C8H5IN2O2/c1-13-8(12)5-2-6(9)7(3-10)11-4-5/h2,4H,1H3. The van der Waals surface area contributed by atoms with Gasteiger partial charge in [0, 0.05) is 6.20 Å². The van der Waals surface area contributed by atoms with E-state index in [1.54, 1.807) is 6.07 Å². The molecule has 0 fully saturated rings. The lowest BCUT2D eigenvalue weighted by Crippen LogP contribution is -2.03. The van der Waals surface area contributed by atoms with Gasteiger partial charge >= 0.3 is 5.97 Å². The fourth-order valence-corrected chi connectivity index (χ4v) is 1.35. The topological polar surface area (TPSA) is 63.0 Å². The van der Waals surface area contributed by atoms with Crippen LogP contribution in [0.4, 0.5) is 0 Å². The molecule has 0 radical (unpaired) electrons. The molecule has 0 bridgehead atoms. The molecule has 1 aromatic rings. The van der Waals surface area contributed by atoms with E-state index >= 15 is 0 Å². The number of rotatable bonds is 1. The minimum Gasteiger partial charge on any atom is -0.465 e. The SMILES string of the molecule is COC(=O)c1cnc(C#N)c(I)c1. The summed E-state index contributed by atoms with van der Waals surface area (Å²) in [4.78, 5) is 14.8. The normalized spacial score (nSPS) is 9.00. The van der Waals surface area contributed by atoms with Crippen LogP contribution in [0.5, 0.6) is 0 Å². The third kappa shape index (κ3) is 2.15. The van der Waals surface area contributed by atoms with Crippen molar-refractivity contribution in [2.24, 2.45) is 0 Å². The van der Waals surface area contributed by atoms with Gasteiger partial charge in [0.05, 0.1) is 16.2 Å². The highest BCUT2D eigenvalue weighted by molar-refractivity contribution is 14.1. The average molecular weight is 288 g/mol. The zero-order valence-electron chi connectivity index (χ0n) is 6.74. The summed E-state index contributed by atoms with van der Waals surface area (Å²) in [6.45, 7) is 0. The summed E-state index contributed by atoms with van der Waals surface area (Å²) < 4.78 is 5.14. The van der Waals surface area contributed by atoms with Crippen molar-refractivity contribution in [1.82, 2.24) is 4.98 Å². The van der Waals surface area contributed by atoms with Gasteiger partial charge in [-0.1, -0.05) is 0 Å². The van der Waals surface area contributed by atoms with Crippen molar-refractivity contribution < 1.29 is 9.53 Å². The number of ether oxygens (including phenoxy) is 1. The van der Waals surface area contributed by atoms with Gasteiger partial charge in [-0.2, -0.15) is 5.26 Å². The molecule has 0 saturated heterocycles. The van der Waals surface area contributed by atoms with Gasteiger partial charge in [-0.15, -0.1) is 0 Å². The molecule has 1 rings (SSSR count). The van der Waals surface area contributed by atoms with Crippen LogP contribution < -0.4 is 0 Å². The van der Waals surface area contributed by atoms with Gasteiger partial charge in [-0.25, -0.2) is 9.78 Å². The lowest BCUT2D eigenvalue weighted by molar-refractivity contribution is 0.0600. The van der Waals surface area contributed by atoms with E-state index in [0.717, 1.165) is 0 Å². The number of hydrogen-bond acceptors (Lipinski definition) is 4. The fraction of sp³-hybridized carbons (Fsp3) is 0.125. The third-order valence-electron chi connectivity index (χ3n) is 1.37. The van der Waals surface area contributed by atoms with Gasteiger partial charge in [0.25, 0.3) is 0 Å². The second kappa shape index (κ2) is 4.18. The molecule has 1 heterocycles. The molecule has 0 spiro atoms. The van der Waals surface area contributed by atoms with Crippen LogP contribution in [0.2, 0.25) is 0 Å². The third-order valence-corrected chi connectivity index (χ3v) is 2.19. The van der Waals surface area contributed by atoms with Crippen LogP contribution in [0, 0.1) is 14.9 Å². The van der Waals surface area contributed by atoms with Crippen molar-refractivity contribution in [2.45, 2.75) is 0 Å². The first-order valence-electron chi connectivity index (χ1n) is 3.33. The Bertz CT molecular complexity index is 384.